The lowest BCUT2D eigenvalue weighted by atomic mass is 10.0. The number of nitrogens with zero attached hydrogens (tertiary/aromatic N) is 4. The van der Waals surface area contributed by atoms with Gasteiger partial charge in [-0.1, -0.05) is 88.9 Å². The minimum absolute atomic E-state index is 0.0361. The molecule has 0 radical (unpaired) electrons. The van der Waals surface area contributed by atoms with Crippen molar-refractivity contribution in [3.05, 3.63) is 137 Å². The molecule has 0 aliphatic carbocycles. The van der Waals surface area contributed by atoms with E-state index in [4.69, 9.17) is 28.1 Å². The van der Waals surface area contributed by atoms with Gasteiger partial charge < -0.3 is 37.9 Å². The van der Waals surface area contributed by atoms with Crippen molar-refractivity contribution < 1.29 is 47.3 Å². The number of carbonyl (C=O) groups excluding carboxylic acids is 4. The molecule has 4 amide bonds. The van der Waals surface area contributed by atoms with E-state index in [1.807, 2.05) is 88.7 Å². The highest BCUT2D eigenvalue weighted by atomic mass is 28.4. The van der Waals surface area contributed by atoms with Crippen LogP contribution in [0.15, 0.2) is 109 Å². The molecule has 0 spiro atoms. The van der Waals surface area contributed by atoms with E-state index in [-0.39, 0.29) is 54.9 Å². The van der Waals surface area contributed by atoms with Gasteiger partial charge >= 0.3 is 12.2 Å². The summed E-state index contributed by atoms with van der Waals surface area (Å²) in [7, 11) is -1.07. The van der Waals surface area contributed by atoms with Crippen molar-refractivity contribution in [1.29, 1.82) is 0 Å². The van der Waals surface area contributed by atoms with E-state index in [1.165, 1.54) is 23.6 Å². The Morgan fingerprint density at radius 1 is 0.775 bits per heavy atom. The SMILES string of the molecule is C=CCOC(=O)N1c2cc(OCCCOc3cc4c(cc3OC)C(=O)N3C=C(/C=C/C)C[C@H]3[C@H](C)N4C(=O)OCc3ccc(CC)cc3)c(C)cc2C(=O)N2C=C(/C=C/C)C[C@H]2[C@@H]1O[Si](C)(C)C(C)(C)C. The van der Waals surface area contributed by atoms with Gasteiger partial charge in [0.15, 0.2) is 26.0 Å². The molecule has 0 unspecified atom stereocenters. The Labute approximate surface area is 420 Å². The van der Waals surface area contributed by atoms with Crippen molar-refractivity contribution >= 4 is 43.7 Å². The zero-order chi connectivity index (χ0) is 51.4. The van der Waals surface area contributed by atoms with Crippen molar-refractivity contribution in [2.75, 3.05) is 36.7 Å². The number of allylic oxidation sites excluding steroid dienone is 4. The lowest BCUT2D eigenvalue weighted by molar-refractivity contribution is 0.0589. The standard InChI is InChI=1S/C56H70N4O10Si/c1-13-18-40-28-44-37(6)59(54(63)69-35-39-22-20-38(16-4)21-23-39)45-32-50(49(65-10)30-43(45)52(62)57(44)33-40)67-26-17-25-66-48-31-46-42(27-36(48)5)51(61)58-34-41(19-14-2)29-47(58)53(60(46)55(64)68-24-15-3)70-71(11,12)56(7,8)9/h13-15,18-23,27,30-34,37,44,47,53H,3,16-17,24-26,28-29,35H2,1-2,4-12H3/b18-13+,19-14+/t37-,44-,47-,53-/m0/s1. The van der Waals surface area contributed by atoms with Crippen LogP contribution in [-0.2, 0) is 26.9 Å². The molecule has 71 heavy (non-hydrogen) atoms. The zero-order valence-electron chi connectivity index (χ0n) is 43.2. The van der Waals surface area contributed by atoms with E-state index < -0.39 is 38.8 Å². The van der Waals surface area contributed by atoms with Crippen LogP contribution in [-0.4, -0.2) is 93.4 Å². The van der Waals surface area contributed by atoms with Crippen molar-refractivity contribution in [3.8, 4) is 17.2 Å². The Morgan fingerprint density at radius 2 is 1.32 bits per heavy atom. The van der Waals surface area contributed by atoms with Gasteiger partial charge in [-0.2, -0.15) is 0 Å². The maximum absolute atomic E-state index is 14.6. The number of hydrogen-bond donors (Lipinski definition) is 0. The fraction of sp³-hybridized carbons (Fsp3) is 0.429. The summed E-state index contributed by atoms with van der Waals surface area (Å²) >= 11 is 0. The molecule has 15 heteroatoms. The van der Waals surface area contributed by atoms with Gasteiger partial charge in [0.2, 0.25) is 0 Å². The van der Waals surface area contributed by atoms with E-state index in [2.05, 4.69) is 47.4 Å². The highest BCUT2D eigenvalue weighted by molar-refractivity contribution is 6.74. The van der Waals surface area contributed by atoms with Crippen LogP contribution in [0.3, 0.4) is 0 Å². The molecule has 378 valence electrons. The Balaban J connectivity index is 1.15. The van der Waals surface area contributed by atoms with Crippen LogP contribution in [0.5, 0.6) is 17.2 Å². The first kappa shape index (κ1) is 52.2. The molecule has 3 aromatic rings. The monoisotopic (exact) mass is 986 g/mol. The Kier molecular flexibility index (Phi) is 16.1. The first-order valence-electron chi connectivity index (χ1n) is 24.6. The second kappa shape index (κ2) is 21.8. The van der Waals surface area contributed by atoms with E-state index in [9.17, 15) is 19.2 Å². The first-order valence-corrected chi connectivity index (χ1v) is 27.5. The van der Waals surface area contributed by atoms with Crippen molar-refractivity contribution in [2.45, 2.75) is 130 Å². The molecule has 0 saturated carbocycles. The van der Waals surface area contributed by atoms with Crippen LogP contribution in [0.2, 0.25) is 18.1 Å². The summed E-state index contributed by atoms with van der Waals surface area (Å²) in [5.74, 6) is 0.597. The predicted octanol–water partition coefficient (Wildman–Crippen LogP) is 11.8. The zero-order valence-corrected chi connectivity index (χ0v) is 44.2. The van der Waals surface area contributed by atoms with E-state index in [1.54, 1.807) is 39.0 Å². The van der Waals surface area contributed by atoms with E-state index in [0.29, 0.717) is 59.0 Å². The Hall–Kier alpha value is -6.58. The van der Waals surface area contributed by atoms with Gasteiger partial charge in [-0.15, -0.1) is 0 Å². The number of benzene rings is 3. The van der Waals surface area contributed by atoms with Crippen LogP contribution in [0.1, 0.15) is 105 Å². The normalized spacial score (nSPS) is 19.9. The van der Waals surface area contributed by atoms with Gasteiger partial charge in [-0.05, 0) is 105 Å². The van der Waals surface area contributed by atoms with Gasteiger partial charge in [0.1, 0.15) is 19.0 Å². The molecular weight excluding hydrogens is 917 g/mol. The lowest BCUT2D eigenvalue weighted by Gasteiger charge is -2.44. The molecule has 0 aromatic heterocycles. The van der Waals surface area contributed by atoms with Crippen molar-refractivity contribution in [1.82, 2.24) is 9.80 Å². The van der Waals surface area contributed by atoms with Crippen LogP contribution in [0, 0.1) is 6.92 Å². The van der Waals surface area contributed by atoms with Gasteiger partial charge in [-0.3, -0.25) is 14.5 Å². The Morgan fingerprint density at radius 3 is 1.92 bits per heavy atom. The second-order valence-electron chi connectivity index (χ2n) is 19.9. The smallest absolute Gasteiger partial charge is 0.416 e. The maximum Gasteiger partial charge on any atom is 0.416 e. The average molecular weight is 987 g/mol. The fourth-order valence-electron chi connectivity index (χ4n) is 9.20. The van der Waals surface area contributed by atoms with Crippen LogP contribution in [0.4, 0.5) is 21.0 Å². The fourth-order valence-corrected chi connectivity index (χ4v) is 10.4. The molecule has 0 saturated heterocycles. The number of aryl methyl sites for hydroxylation is 2. The number of carbonyl (C=O) groups is 4. The van der Waals surface area contributed by atoms with Gasteiger partial charge in [0.05, 0.1) is 61.0 Å². The first-order chi connectivity index (χ1) is 33.9. The number of anilines is 2. The molecule has 4 heterocycles. The minimum atomic E-state index is -2.58. The van der Waals surface area contributed by atoms with Crippen LogP contribution >= 0.6 is 0 Å². The third kappa shape index (κ3) is 10.9. The largest absolute Gasteiger partial charge is 0.493 e. The lowest BCUT2D eigenvalue weighted by Crippen LogP contribution is -2.57. The topological polar surface area (TPSA) is 137 Å². The summed E-state index contributed by atoms with van der Waals surface area (Å²) in [5.41, 5.74) is 5.93. The summed E-state index contributed by atoms with van der Waals surface area (Å²) in [5, 5.41) is -0.216. The molecule has 4 aliphatic rings. The number of rotatable bonds is 16. The number of ether oxygens (including phenoxy) is 5. The molecule has 0 fully saturated rings. The van der Waals surface area contributed by atoms with Gasteiger partial charge in [0.25, 0.3) is 11.8 Å². The molecule has 0 bridgehead atoms. The number of hydrogen-bond acceptors (Lipinski definition) is 10. The summed E-state index contributed by atoms with van der Waals surface area (Å²) in [6.45, 7) is 24.5. The number of methoxy groups -OCH3 is 1. The molecular formula is C56H70N4O10Si. The molecule has 0 N–H and O–H groups in total. The predicted molar refractivity (Wildman–Crippen MR) is 279 cm³/mol. The highest BCUT2D eigenvalue weighted by Gasteiger charge is 2.51. The number of amides is 4. The van der Waals surface area contributed by atoms with E-state index >= 15 is 0 Å². The van der Waals surface area contributed by atoms with Gasteiger partial charge in [0, 0.05) is 31.0 Å². The quantitative estimate of drug-likeness (QED) is 0.0775. The minimum Gasteiger partial charge on any atom is -0.493 e. The highest BCUT2D eigenvalue weighted by Crippen LogP contribution is 2.46. The van der Waals surface area contributed by atoms with E-state index in [0.717, 1.165) is 23.1 Å². The maximum atomic E-state index is 14.6. The average Bonchev–Trinajstić information content (AvgIpc) is 3.93. The van der Waals surface area contributed by atoms with Gasteiger partial charge in [-0.25, -0.2) is 14.5 Å². The Bertz CT molecular complexity index is 2650. The second-order valence-corrected chi connectivity index (χ2v) is 24.7. The summed E-state index contributed by atoms with van der Waals surface area (Å²) in [6, 6.07) is 13.4. The van der Waals surface area contributed by atoms with Crippen molar-refractivity contribution in [3.63, 3.8) is 0 Å². The molecule has 4 aliphatic heterocycles. The third-order valence-electron chi connectivity index (χ3n) is 14.1. The van der Waals surface area contributed by atoms with Crippen LogP contribution in [0.25, 0.3) is 0 Å². The molecule has 4 atom stereocenters. The summed E-state index contributed by atoms with van der Waals surface area (Å²) in [4.78, 5) is 64.1. The molecule has 3 aromatic carbocycles. The summed E-state index contributed by atoms with van der Waals surface area (Å²) in [6.07, 6.45) is 13.2. The van der Waals surface area contributed by atoms with Crippen LogP contribution < -0.4 is 24.0 Å². The number of fused-ring (bicyclic) bond motifs is 4. The van der Waals surface area contributed by atoms with Crippen molar-refractivity contribution in [2.24, 2.45) is 0 Å². The molecule has 14 nitrogen and oxygen atoms in total. The third-order valence-corrected chi connectivity index (χ3v) is 18.5. The molecule has 7 rings (SSSR count). The summed E-state index contributed by atoms with van der Waals surface area (Å²) < 4.78 is 37.5.